The van der Waals surface area contributed by atoms with E-state index in [0.717, 1.165) is 0 Å². The van der Waals surface area contributed by atoms with Gasteiger partial charge in [-0.25, -0.2) is 4.79 Å². The number of methoxy groups -OCH3 is 1. The smallest absolute Gasteiger partial charge is 0.355 e. The summed E-state index contributed by atoms with van der Waals surface area (Å²) in [6.07, 6.45) is 1.37. The third-order valence-corrected chi connectivity index (χ3v) is 0.721. The van der Waals surface area contributed by atoms with Gasteiger partial charge in [-0.15, -0.1) is 0 Å². The Labute approximate surface area is 53.7 Å². The third kappa shape index (κ3) is 2.58. The molecule has 3 N–H and O–H groups in total. The van der Waals surface area contributed by atoms with Crippen molar-refractivity contribution in [2.45, 2.75) is 0 Å². The van der Waals surface area contributed by atoms with Gasteiger partial charge in [0.05, 0.1) is 7.11 Å². The molecule has 0 aromatic rings. The number of esters is 1. The molecule has 0 rings (SSSR count). The molecule has 0 aliphatic rings. The van der Waals surface area contributed by atoms with Crippen molar-refractivity contribution in [2.24, 2.45) is 5.73 Å². The second-order valence-corrected chi connectivity index (χ2v) is 1.38. The minimum Gasteiger partial charge on any atom is -0.464 e. The van der Waals surface area contributed by atoms with Crippen LogP contribution in [0.5, 0.6) is 0 Å². The molecular weight excluding hydrogens is 120 g/mol. The zero-order chi connectivity index (χ0) is 7.28. The van der Waals surface area contributed by atoms with Crippen LogP contribution in [0, 0.1) is 0 Å². The van der Waals surface area contributed by atoms with Gasteiger partial charge in [0.1, 0.15) is 5.70 Å². The standard InChI is InChI=1S/C5H10N2O2/c1-7-3-4(6)5(8)9-2/h3,7H,6H2,1-2H3/b4-3-. The number of carbonyl (C=O) groups excluding carboxylic acids is 1. The van der Waals surface area contributed by atoms with Crippen LogP contribution in [0.15, 0.2) is 11.9 Å². The highest BCUT2D eigenvalue weighted by molar-refractivity contribution is 5.86. The minimum atomic E-state index is -0.524. The number of nitrogens with one attached hydrogen (secondary N) is 1. The van der Waals surface area contributed by atoms with E-state index in [1.165, 1.54) is 13.3 Å². The van der Waals surface area contributed by atoms with Crippen LogP contribution in [0.1, 0.15) is 0 Å². The molecule has 0 spiro atoms. The van der Waals surface area contributed by atoms with Crippen LogP contribution in [0.2, 0.25) is 0 Å². The van der Waals surface area contributed by atoms with E-state index in [4.69, 9.17) is 5.73 Å². The van der Waals surface area contributed by atoms with Gasteiger partial charge in [-0.05, 0) is 0 Å². The maximum absolute atomic E-state index is 10.4. The fourth-order valence-electron chi connectivity index (χ4n) is 0.332. The van der Waals surface area contributed by atoms with Crippen molar-refractivity contribution in [3.8, 4) is 0 Å². The van der Waals surface area contributed by atoms with E-state index in [1.807, 2.05) is 0 Å². The van der Waals surface area contributed by atoms with Crippen LogP contribution in [0.25, 0.3) is 0 Å². The van der Waals surface area contributed by atoms with Gasteiger partial charge < -0.3 is 15.8 Å². The van der Waals surface area contributed by atoms with Crippen molar-refractivity contribution < 1.29 is 9.53 Å². The fourth-order valence-corrected chi connectivity index (χ4v) is 0.332. The van der Waals surface area contributed by atoms with E-state index in [1.54, 1.807) is 7.05 Å². The summed E-state index contributed by atoms with van der Waals surface area (Å²) in [7, 11) is 2.93. The van der Waals surface area contributed by atoms with E-state index < -0.39 is 5.97 Å². The number of rotatable bonds is 2. The van der Waals surface area contributed by atoms with Gasteiger partial charge >= 0.3 is 5.97 Å². The lowest BCUT2D eigenvalue weighted by molar-refractivity contribution is -0.136. The first-order valence-corrected chi connectivity index (χ1v) is 2.43. The molecule has 0 saturated heterocycles. The molecule has 4 nitrogen and oxygen atoms in total. The molecule has 0 bridgehead atoms. The quantitative estimate of drug-likeness (QED) is 0.378. The molecule has 9 heavy (non-hydrogen) atoms. The molecule has 0 atom stereocenters. The molecule has 0 aliphatic heterocycles. The molecule has 0 radical (unpaired) electrons. The molecule has 0 unspecified atom stereocenters. The first-order chi connectivity index (χ1) is 4.22. The summed E-state index contributed by atoms with van der Waals surface area (Å²) >= 11 is 0. The number of carbonyl (C=O) groups is 1. The summed E-state index contributed by atoms with van der Waals surface area (Å²) in [4.78, 5) is 10.4. The number of hydrogen-bond acceptors (Lipinski definition) is 4. The van der Waals surface area contributed by atoms with E-state index in [-0.39, 0.29) is 5.70 Å². The Bertz CT molecular complexity index is 131. The zero-order valence-electron chi connectivity index (χ0n) is 5.47. The van der Waals surface area contributed by atoms with Crippen molar-refractivity contribution in [3.63, 3.8) is 0 Å². The van der Waals surface area contributed by atoms with Crippen molar-refractivity contribution in [3.05, 3.63) is 11.9 Å². The summed E-state index contributed by atoms with van der Waals surface area (Å²) < 4.78 is 4.29. The maximum atomic E-state index is 10.4. The Kier molecular flexibility index (Phi) is 3.27. The van der Waals surface area contributed by atoms with Gasteiger partial charge in [0.2, 0.25) is 0 Å². The van der Waals surface area contributed by atoms with Gasteiger partial charge in [-0.2, -0.15) is 0 Å². The predicted molar refractivity (Wildman–Crippen MR) is 33.3 cm³/mol. The lowest BCUT2D eigenvalue weighted by Crippen LogP contribution is -2.15. The minimum absolute atomic E-state index is 0.0694. The highest BCUT2D eigenvalue weighted by Crippen LogP contribution is 1.82. The number of ether oxygens (including phenoxy) is 1. The molecule has 0 heterocycles. The summed E-state index contributed by atoms with van der Waals surface area (Å²) in [5.41, 5.74) is 5.23. The van der Waals surface area contributed by atoms with E-state index >= 15 is 0 Å². The van der Waals surface area contributed by atoms with Gasteiger partial charge in [0.15, 0.2) is 0 Å². The lowest BCUT2D eigenvalue weighted by atomic mass is 10.5. The van der Waals surface area contributed by atoms with Crippen molar-refractivity contribution >= 4 is 5.97 Å². The van der Waals surface area contributed by atoms with E-state index in [9.17, 15) is 4.79 Å². The van der Waals surface area contributed by atoms with Gasteiger partial charge in [0, 0.05) is 13.2 Å². The first-order valence-electron chi connectivity index (χ1n) is 2.43. The summed E-state index contributed by atoms with van der Waals surface area (Å²) in [6.45, 7) is 0. The molecule has 0 aromatic heterocycles. The van der Waals surface area contributed by atoms with Gasteiger partial charge in [-0.3, -0.25) is 0 Å². The number of nitrogens with two attached hydrogens (primary N) is 1. The molecular formula is C5H10N2O2. The van der Waals surface area contributed by atoms with Gasteiger partial charge in [-0.1, -0.05) is 0 Å². The molecule has 52 valence electrons. The zero-order valence-corrected chi connectivity index (χ0v) is 5.47. The third-order valence-electron chi connectivity index (χ3n) is 0.721. The van der Waals surface area contributed by atoms with Crippen LogP contribution in [0.3, 0.4) is 0 Å². The Balaban J connectivity index is 3.86. The predicted octanol–water partition coefficient (Wildman–Crippen LogP) is -0.821. The largest absolute Gasteiger partial charge is 0.464 e. The molecule has 0 amide bonds. The van der Waals surface area contributed by atoms with Crippen molar-refractivity contribution in [2.75, 3.05) is 14.2 Å². The second kappa shape index (κ2) is 3.77. The summed E-state index contributed by atoms with van der Waals surface area (Å²) in [5.74, 6) is -0.524. The van der Waals surface area contributed by atoms with Crippen LogP contribution in [-0.4, -0.2) is 20.1 Å². The monoisotopic (exact) mass is 130 g/mol. The van der Waals surface area contributed by atoms with Crippen LogP contribution < -0.4 is 11.1 Å². The van der Waals surface area contributed by atoms with Gasteiger partial charge in [0.25, 0.3) is 0 Å². The average molecular weight is 130 g/mol. The van der Waals surface area contributed by atoms with Crippen molar-refractivity contribution in [1.29, 1.82) is 0 Å². The second-order valence-electron chi connectivity index (χ2n) is 1.38. The van der Waals surface area contributed by atoms with Crippen LogP contribution >= 0.6 is 0 Å². The highest BCUT2D eigenvalue weighted by Gasteiger charge is 2.00. The van der Waals surface area contributed by atoms with Crippen molar-refractivity contribution in [1.82, 2.24) is 5.32 Å². The highest BCUT2D eigenvalue weighted by atomic mass is 16.5. The Morgan fingerprint density at radius 1 is 1.78 bits per heavy atom. The topological polar surface area (TPSA) is 64.3 Å². The Hall–Kier alpha value is -1.19. The molecule has 4 heteroatoms. The molecule has 0 aromatic carbocycles. The van der Waals surface area contributed by atoms with Crippen LogP contribution in [-0.2, 0) is 9.53 Å². The summed E-state index contributed by atoms with van der Waals surface area (Å²) in [6, 6.07) is 0. The molecule has 0 fully saturated rings. The first kappa shape index (κ1) is 7.81. The normalized spacial score (nSPS) is 10.7. The van der Waals surface area contributed by atoms with E-state index in [0.29, 0.717) is 0 Å². The average Bonchev–Trinajstić information content (AvgIpc) is 1.87. The van der Waals surface area contributed by atoms with E-state index in [2.05, 4.69) is 10.1 Å². The fraction of sp³-hybridized carbons (Fsp3) is 0.400. The maximum Gasteiger partial charge on any atom is 0.355 e. The summed E-state index contributed by atoms with van der Waals surface area (Å²) in [5, 5.41) is 2.59. The SMILES string of the molecule is CN/C=C(\N)C(=O)OC. The lowest BCUT2D eigenvalue weighted by Gasteiger charge is -1.96. The van der Waals surface area contributed by atoms with Crippen LogP contribution in [0.4, 0.5) is 0 Å². The Morgan fingerprint density at radius 2 is 2.33 bits per heavy atom. The Morgan fingerprint density at radius 3 is 2.67 bits per heavy atom. The number of hydrogen-bond donors (Lipinski definition) is 2. The molecule has 0 saturated carbocycles. The molecule has 0 aliphatic carbocycles.